The van der Waals surface area contributed by atoms with Gasteiger partial charge in [0.25, 0.3) is 11.8 Å². The number of amides is 4. The molecular formula is C32H25ClF2N6O6. The standard InChI is InChI=1S/C32H25ClF2N6O6/c33-21-8-16(1-2-22(21)34)39-29-20-10-25(27(11-24(20)37-14-38-29)47-17-5-6-46-13-17)36-12-15-7-18-19(9-23(15)35)32(45)41(31(18)44)26-3-4-28(42)40-30(26)43/h1-2,7-11,14,17,26,36H,3-6,12-13H2,(H,37,38,39)(H,40,42,43). The van der Waals surface area contributed by atoms with Gasteiger partial charge in [-0.25, -0.2) is 18.7 Å². The summed E-state index contributed by atoms with van der Waals surface area (Å²) in [5.74, 6) is -3.30. The quantitative estimate of drug-likeness (QED) is 0.230. The number of rotatable bonds is 8. The lowest BCUT2D eigenvalue weighted by Gasteiger charge is -2.27. The van der Waals surface area contributed by atoms with Crippen LogP contribution in [0.15, 0.2) is 48.8 Å². The number of imide groups is 2. The van der Waals surface area contributed by atoms with Gasteiger partial charge in [0.2, 0.25) is 11.8 Å². The number of nitrogens with one attached hydrogen (secondary N) is 3. The third-order valence-electron chi connectivity index (χ3n) is 8.18. The Morgan fingerprint density at radius 3 is 2.55 bits per heavy atom. The lowest BCUT2D eigenvalue weighted by atomic mass is 10.0. The Morgan fingerprint density at radius 2 is 1.81 bits per heavy atom. The molecule has 12 nitrogen and oxygen atoms in total. The molecule has 0 saturated carbocycles. The van der Waals surface area contributed by atoms with Crippen molar-refractivity contribution < 1.29 is 37.4 Å². The summed E-state index contributed by atoms with van der Waals surface area (Å²) < 4.78 is 40.9. The molecule has 2 atom stereocenters. The van der Waals surface area contributed by atoms with Crippen LogP contribution >= 0.6 is 11.6 Å². The van der Waals surface area contributed by atoms with Gasteiger partial charge in [0.15, 0.2) is 0 Å². The molecule has 1 aromatic heterocycles. The summed E-state index contributed by atoms with van der Waals surface area (Å²) in [5, 5.41) is 8.92. The molecule has 3 N–H and O–H groups in total. The summed E-state index contributed by atoms with van der Waals surface area (Å²) in [6.07, 6.45) is 1.75. The molecule has 0 spiro atoms. The van der Waals surface area contributed by atoms with Crippen LogP contribution in [0, 0.1) is 11.6 Å². The molecule has 15 heteroatoms. The SMILES string of the molecule is O=C1CCC(N2C(=O)c3cc(F)c(CNc4cc5c(Nc6ccc(F)c(Cl)c6)ncnc5cc4OC4CCOC4)cc3C2=O)C(=O)N1. The molecule has 0 radical (unpaired) electrons. The minimum Gasteiger partial charge on any atom is -0.486 e. The van der Waals surface area contributed by atoms with Crippen molar-refractivity contribution in [3.05, 3.63) is 82.1 Å². The predicted molar refractivity (Wildman–Crippen MR) is 164 cm³/mol. The molecule has 2 fully saturated rings. The summed E-state index contributed by atoms with van der Waals surface area (Å²) in [4.78, 5) is 59.9. The van der Waals surface area contributed by atoms with Crippen LogP contribution in [0.3, 0.4) is 0 Å². The van der Waals surface area contributed by atoms with E-state index < -0.39 is 41.3 Å². The predicted octanol–water partition coefficient (Wildman–Crippen LogP) is 4.49. The normalized spacial score (nSPS) is 19.3. The van der Waals surface area contributed by atoms with E-state index in [0.29, 0.717) is 53.5 Å². The summed E-state index contributed by atoms with van der Waals surface area (Å²) in [6, 6.07) is 8.68. The van der Waals surface area contributed by atoms with Gasteiger partial charge >= 0.3 is 0 Å². The molecule has 2 saturated heterocycles. The van der Waals surface area contributed by atoms with E-state index in [2.05, 4.69) is 25.9 Å². The van der Waals surface area contributed by atoms with Gasteiger partial charge < -0.3 is 20.1 Å². The summed E-state index contributed by atoms with van der Waals surface area (Å²) in [7, 11) is 0. The first-order chi connectivity index (χ1) is 22.7. The Hall–Kier alpha value is -5.21. The van der Waals surface area contributed by atoms with Crippen molar-refractivity contribution in [2.75, 3.05) is 23.8 Å². The Morgan fingerprint density at radius 1 is 1.00 bits per heavy atom. The van der Waals surface area contributed by atoms with Crippen LogP contribution < -0.4 is 20.7 Å². The highest BCUT2D eigenvalue weighted by molar-refractivity contribution is 6.31. The fraction of sp³-hybridized carbons (Fsp3) is 0.250. The van der Waals surface area contributed by atoms with Gasteiger partial charge in [-0.05, 0) is 42.8 Å². The van der Waals surface area contributed by atoms with Gasteiger partial charge in [-0.15, -0.1) is 0 Å². The van der Waals surface area contributed by atoms with Gasteiger partial charge in [-0.3, -0.25) is 29.4 Å². The van der Waals surface area contributed by atoms with Crippen LogP contribution in [-0.2, 0) is 20.9 Å². The zero-order valence-corrected chi connectivity index (χ0v) is 25.2. The highest BCUT2D eigenvalue weighted by Crippen LogP contribution is 2.36. The van der Waals surface area contributed by atoms with Crippen molar-refractivity contribution in [1.82, 2.24) is 20.2 Å². The van der Waals surface area contributed by atoms with E-state index in [9.17, 15) is 23.6 Å². The van der Waals surface area contributed by atoms with Crippen LogP contribution in [0.4, 0.5) is 26.0 Å². The van der Waals surface area contributed by atoms with Crippen molar-refractivity contribution in [2.24, 2.45) is 0 Å². The molecule has 240 valence electrons. The first kappa shape index (κ1) is 30.4. The Bertz CT molecular complexity index is 1990. The lowest BCUT2D eigenvalue weighted by Crippen LogP contribution is -2.54. The largest absolute Gasteiger partial charge is 0.486 e. The van der Waals surface area contributed by atoms with E-state index in [0.717, 1.165) is 11.0 Å². The van der Waals surface area contributed by atoms with Crippen LogP contribution in [0.2, 0.25) is 5.02 Å². The molecule has 0 aliphatic carbocycles. The Balaban J connectivity index is 1.19. The highest BCUT2D eigenvalue weighted by atomic mass is 35.5. The molecule has 7 rings (SSSR count). The molecule has 3 aromatic carbocycles. The van der Waals surface area contributed by atoms with E-state index >= 15 is 4.39 Å². The minimum absolute atomic E-state index is 0.0153. The molecule has 2 unspecified atom stereocenters. The van der Waals surface area contributed by atoms with Gasteiger partial charge in [0.05, 0.1) is 40.6 Å². The Kier molecular flexibility index (Phi) is 7.90. The van der Waals surface area contributed by atoms with Gasteiger partial charge in [-0.1, -0.05) is 11.6 Å². The van der Waals surface area contributed by atoms with Crippen LogP contribution in [0.25, 0.3) is 10.9 Å². The van der Waals surface area contributed by atoms with E-state index in [4.69, 9.17) is 21.1 Å². The average Bonchev–Trinajstić information content (AvgIpc) is 3.64. The second-order valence-corrected chi connectivity index (χ2v) is 11.6. The molecule has 0 bridgehead atoms. The smallest absolute Gasteiger partial charge is 0.262 e. The number of halogens is 3. The topological polar surface area (TPSA) is 152 Å². The molecule has 3 aliphatic heterocycles. The number of fused-ring (bicyclic) bond motifs is 2. The number of hydrogen-bond acceptors (Lipinski definition) is 10. The van der Waals surface area contributed by atoms with E-state index in [1.807, 2.05) is 0 Å². The molecule has 4 heterocycles. The third kappa shape index (κ3) is 5.81. The van der Waals surface area contributed by atoms with E-state index in [1.165, 1.54) is 30.6 Å². The summed E-state index contributed by atoms with van der Waals surface area (Å²) in [6.45, 7) is 0.811. The first-order valence-corrected chi connectivity index (χ1v) is 15.1. The van der Waals surface area contributed by atoms with E-state index in [-0.39, 0.29) is 47.2 Å². The fourth-order valence-electron chi connectivity index (χ4n) is 5.78. The number of aromatic nitrogens is 2. The first-order valence-electron chi connectivity index (χ1n) is 14.7. The maximum atomic E-state index is 15.4. The fourth-order valence-corrected chi connectivity index (χ4v) is 5.96. The van der Waals surface area contributed by atoms with Crippen LogP contribution in [0.5, 0.6) is 5.75 Å². The number of benzene rings is 3. The maximum absolute atomic E-state index is 15.4. The molecule has 3 aliphatic rings. The lowest BCUT2D eigenvalue weighted by molar-refractivity contribution is -0.136. The second-order valence-electron chi connectivity index (χ2n) is 11.2. The number of ether oxygens (including phenoxy) is 2. The summed E-state index contributed by atoms with van der Waals surface area (Å²) in [5.41, 5.74) is 1.33. The number of carbonyl (C=O) groups is 4. The monoisotopic (exact) mass is 662 g/mol. The van der Waals surface area contributed by atoms with Crippen molar-refractivity contribution in [2.45, 2.75) is 38.0 Å². The zero-order valence-electron chi connectivity index (χ0n) is 24.4. The Labute approximate surface area is 270 Å². The number of piperidine rings is 1. The van der Waals surface area contributed by atoms with Crippen molar-refractivity contribution >= 4 is 63.3 Å². The number of anilines is 3. The minimum atomic E-state index is -1.17. The van der Waals surface area contributed by atoms with Gasteiger partial charge in [-0.2, -0.15) is 0 Å². The maximum Gasteiger partial charge on any atom is 0.262 e. The van der Waals surface area contributed by atoms with Crippen LogP contribution in [0.1, 0.15) is 45.5 Å². The van der Waals surface area contributed by atoms with Crippen molar-refractivity contribution in [3.8, 4) is 5.75 Å². The van der Waals surface area contributed by atoms with Gasteiger partial charge in [0, 0.05) is 42.1 Å². The molecule has 47 heavy (non-hydrogen) atoms. The molecular weight excluding hydrogens is 638 g/mol. The van der Waals surface area contributed by atoms with Crippen molar-refractivity contribution in [3.63, 3.8) is 0 Å². The number of hydrogen-bond donors (Lipinski definition) is 3. The average molecular weight is 663 g/mol. The number of carbonyl (C=O) groups excluding carboxylic acids is 4. The summed E-state index contributed by atoms with van der Waals surface area (Å²) >= 11 is 5.96. The van der Waals surface area contributed by atoms with Gasteiger partial charge in [0.1, 0.15) is 41.7 Å². The third-order valence-corrected chi connectivity index (χ3v) is 8.47. The van der Waals surface area contributed by atoms with Crippen LogP contribution in [-0.4, -0.2) is 63.9 Å². The number of nitrogens with zero attached hydrogens (tertiary/aromatic N) is 3. The highest BCUT2D eigenvalue weighted by Gasteiger charge is 2.45. The zero-order chi connectivity index (χ0) is 32.8. The molecule has 4 amide bonds. The molecule has 4 aromatic rings. The second kappa shape index (κ2) is 12.2. The van der Waals surface area contributed by atoms with E-state index in [1.54, 1.807) is 12.1 Å². The van der Waals surface area contributed by atoms with Crippen molar-refractivity contribution in [1.29, 1.82) is 0 Å².